The van der Waals surface area contributed by atoms with Crippen molar-refractivity contribution in [2.75, 3.05) is 6.61 Å². The zero-order valence-electron chi connectivity index (χ0n) is 13.3. The van der Waals surface area contributed by atoms with Crippen molar-refractivity contribution in [2.45, 2.75) is 68.7 Å². The summed E-state index contributed by atoms with van der Waals surface area (Å²) in [6.45, 7) is 5.13. The van der Waals surface area contributed by atoms with Crippen molar-refractivity contribution in [1.29, 1.82) is 0 Å². The Labute approximate surface area is 134 Å². The van der Waals surface area contributed by atoms with Crippen LogP contribution >= 0.6 is 0 Å². The number of hydrogen-bond acceptors (Lipinski definition) is 5. The molecule has 9 atom stereocenters. The van der Waals surface area contributed by atoms with Gasteiger partial charge in [-0.3, -0.25) is 0 Å². The van der Waals surface area contributed by atoms with Gasteiger partial charge in [0.1, 0.15) is 30.0 Å². The zero-order chi connectivity index (χ0) is 15.4. The Morgan fingerprint density at radius 1 is 1.22 bits per heavy atom. The molecule has 0 amide bonds. The van der Waals surface area contributed by atoms with Gasteiger partial charge in [-0.1, -0.05) is 13.8 Å². The van der Waals surface area contributed by atoms with E-state index in [-0.39, 0.29) is 40.9 Å². The van der Waals surface area contributed by atoms with Crippen LogP contribution < -0.4 is 0 Å². The van der Waals surface area contributed by atoms with Crippen molar-refractivity contribution in [3.8, 4) is 0 Å². The van der Waals surface area contributed by atoms with Crippen LogP contribution in [-0.2, 0) is 23.7 Å². The molecule has 0 aromatic carbocycles. The lowest BCUT2D eigenvalue weighted by Gasteiger charge is -2.52. The molecule has 5 fully saturated rings. The highest BCUT2D eigenvalue weighted by Gasteiger charge is 2.96. The molecule has 0 N–H and O–H groups in total. The van der Waals surface area contributed by atoms with Crippen LogP contribution in [0.3, 0.4) is 0 Å². The maximum absolute atomic E-state index is 12.0. The van der Waals surface area contributed by atoms with Gasteiger partial charge >= 0.3 is 5.97 Å². The normalized spacial score (nSPS) is 66.3. The average molecular weight is 316 g/mol. The molecule has 5 heteroatoms. The van der Waals surface area contributed by atoms with E-state index in [1.165, 1.54) is 5.57 Å². The van der Waals surface area contributed by atoms with Gasteiger partial charge in [0.2, 0.25) is 0 Å². The van der Waals surface area contributed by atoms with E-state index in [0.717, 1.165) is 24.8 Å². The summed E-state index contributed by atoms with van der Waals surface area (Å²) in [4.78, 5) is 12.0. The number of esters is 1. The van der Waals surface area contributed by atoms with Gasteiger partial charge in [-0.15, -0.1) is 0 Å². The lowest BCUT2D eigenvalue weighted by Crippen LogP contribution is -2.64. The summed E-state index contributed by atoms with van der Waals surface area (Å²) in [6.07, 6.45) is 3.87. The Kier molecular flexibility index (Phi) is 1.70. The minimum atomic E-state index is -0.200. The third-order valence-corrected chi connectivity index (χ3v) is 8.40. The number of rotatable bonds is 0. The number of cyclic esters (lactones) is 1. The van der Waals surface area contributed by atoms with Crippen molar-refractivity contribution in [3.63, 3.8) is 0 Å². The number of epoxide rings is 3. The van der Waals surface area contributed by atoms with E-state index in [1.54, 1.807) is 0 Å². The SMILES string of the molecule is CC1C2OC2C2OC23C2(C)CCC4=C(COC4=O)C2CC2OC213. The van der Waals surface area contributed by atoms with Crippen LogP contribution in [0.4, 0.5) is 0 Å². The Bertz CT molecular complexity index is 729. The standard InChI is InChI=1S/C18H20O5/c1-7-12-13(21-12)14-18(23-14)16(2)4-3-8-9(6-20-15(8)19)10(16)5-11-17(7,18)22-11/h7,10-14H,3-6H2,1-2H3. The fraction of sp³-hybridized carbons (Fsp3) is 0.833. The molecule has 3 saturated heterocycles. The predicted octanol–water partition coefficient (Wildman–Crippen LogP) is 1.35. The molecule has 7 aliphatic rings. The smallest absolute Gasteiger partial charge is 0.334 e. The van der Waals surface area contributed by atoms with E-state index in [2.05, 4.69) is 13.8 Å². The fourth-order valence-electron chi connectivity index (χ4n) is 7.23. The first-order valence-electron chi connectivity index (χ1n) is 8.95. The summed E-state index contributed by atoms with van der Waals surface area (Å²) in [5, 5.41) is 0. The van der Waals surface area contributed by atoms with Gasteiger partial charge in [0.25, 0.3) is 0 Å². The van der Waals surface area contributed by atoms with Gasteiger partial charge in [-0.05, 0) is 30.8 Å². The van der Waals surface area contributed by atoms with Crippen molar-refractivity contribution in [1.82, 2.24) is 0 Å². The number of carbonyl (C=O) groups excluding carboxylic acids is 1. The second-order valence-electron chi connectivity index (χ2n) is 8.81. The largest absolute Gasteiger partial charge is 0.458 e. The molecule has 0 aromatic heterocycles. The second kappa shape index (κ2) is 3.14. The molecule has 7 rings (SSSR count). The molecule has 0 aromatic rings. The van der Waals surface area contributed by atoms with Crippen LogP contribution in [-0.4, -0.2) is 48.2 Å². The average Bonchev–Trinajstić information content (AvgIpc) is 3.38. The molecule has 2 spiro atoms. The zero-order valence-corrected chi connectivity index (χ0v) is 13.3. The van der Waals surface area contributed by atoms with Crippen LogP contribution in [0.2, 0.25) is 0 Å². The highest BCUT2D eigenvalue weighted by molar-refractivity contribution is 5.92. The number of carbonyl (C=O) groups is 1. The van der Waals surface area contributed by atoms with Gasteiger partial charge in [0, 0.05) is 16.9 Å². The number of ether oxygens (including phenoxy) is 4. The molecule has 4 aliphatic heterocycles. The van der Waals surface area contributed by atoms with Crippen LogP contribution in [0.25, 0.3) is 0 Å². The first kappa shape index (κ1) is 12.5. The Morgan fingerprint density at radius 3 is 2.96 bits per heavy atom. The number of hydrogen-bond donors (Lipinski definition) is 0. The molecule has 9 unspecified atom stereocenters. The maximum Gasteiger partial charge on any atom is 0.334 e. The molecule has 122 valence electrons. The van der Waals surface area contributed by atoms with Crippen molar-refractivity contribution < 1.29 is 23.7 Å². The highest BCUT2D eigenvalue weighted by atomic mass is 16.7. The second-order valence-corrected chi connectivity index (χ2v) is 8.81. The molecular formula is C18H20O5. The minimum Gasteiger partial charge on any atom is -0.458 e. The molecule has 4 heterocycles. The predicted molar refractivity (Wildman–Crippen MR) is 76.5 cm³/mol. The van der Waals surface area contributed by atoms with Crippen molar-refractivity contribution >= 4 is 5.97 Å². The summed E-state index contributed by atoms with van der Waals surface area (Å²) in [6, 6.07) is 0. The van der Waals surface area contributed by atoms with Crippen LogP contribution in [0, 0.1) is 17.3 Å². The molecule has 23 heavy (non-hydrogen) atoms. The third-order valence-electron chi connectivity index (χ3n) is 8.40. The first-order valence-corrected chi connectivity index (χ1v) is 8.95. The van der Waals surface area contributed by atoms with E-state index >= 15 is 0 Å². The maximum atomic E-state index is 12.0. The van der Waals surface area contributed by atoms with E-state index in [9.17, 15) is 4.79 Å². The molecule has 0 bridgehead atoms. The Hall–Kier alpha value is -0.910. The monoisotopic (exact) mass is 316 g/mol. The lowest BCUT2D eigenvalue weighted by atomic mass is 9.47. The van der Waals surface area contributed by atoms with E-state index in [1.807, 2.05) is 0 Å². The molecular weight excluding hydrogens is 296 g/mol. The third kappa shape index (κ3) is 0.990. The molecule has 3 aliphatic carbocycles. The van der Waals surface area contributed by atoms with Crippen LogP contribution in [0.1, 0.15) is 33.1 Å². The summed E-state index contributed by atoms with van der Waals surface area (Å²) in [7, 11) is 0. The van der Waals surface area contributed by atoms with Gasteiger partial charge in [-0.25, -0.2) is 4.79 Å². The quantitative estimate of drug-likeness (QED) is 0.499. The molecule has 2 saturated carbocycles. The van der Waals surface area contributed by atoms with E-state index < -0.39 is 0 Å². The molecule has 0 radical (unpaired) electrons. The Morgan fingerprint density at radius 2 is 2.09 bits per heavy atom. The fourth-order valence-corrected chi connectivity index (χ4v) is 7.23. The van der Waals surface area contributed by atoms with Gasteiger partial charge in [0.05, 0.1) is 12.2 Å². The Balaban J connectivity index is 1.42. The van der Waals surface area contributed by atoms with Gasteiger partial charge in [0.15, 0.2) is 0 Å². The van der Waals surface area contributed by atoms with Gasteiger partial charge in [-0.2, -0.15) is 0 Å². The summed E-state index contributed by atoms with van der Waals surface area (Å²) < 4.78 is 24.2. The van der Waals surface area contributed by atoms with Crippen LogP contribution in [0.5, 0.6) is 0 Å². The summed E-state index contributed by atoms with van der Waals surface area (Å²) >= 11 is 0. The summed E-state index contributed by atoms with van der Waals surface area (Å²) in [5.74, 6) is 0.667. The van der Waals surface area contributed by atoms with Crippen molar-refractivity contribution in [3.05, 3.63) is 11.1 Å². The topological polar surface area (TPSA) is 63.9 Å². The lowest BCUT2D eigenvalue weighted by molar-refractivity contribution is -0.136. The number of fused-ring (bicyclic) bond motifs is 4. The molecule has 5 nitrogen and oxygen atoms in total. The van der Waals surface area contributed by atoms with Gasteiger partial charge < -0.3 is 18.9 Å². The van der Waals surface area contributed by atoms with Crippen LogP contribution in [0.15, 0.2) is 11.1 Å². The van der Waals surface area contributed by atoms with Crippen molar-refractivity contribution in [2.24, 2.45) is 17.3 Å². The summed E-state index contributed by atoms with van der Waals surface area (Å²) in [5.41, 5.74) is 1.88. The minimum absolute atomic E-state index is 0.0304. The first-order chi connectivity index (χ1) is 11.0. The highest BCUT2D eigenvalue weighted by Crippen LogP contribution is 2.81. The van der Waals surface area contributed by atoms with E-state index in [0.29, 0.717) is 24.5 Å². The van der Waals surface area contributed by atoms with E-state index in [4.69, 9.17) is 18.9 Å².